The van der Waals surface area contributed by atoms with Crippen LogP contribution in [-0.4, -0.2) is 0 Å². The van der Waals surface area contributed by atoms with Gasteiger partial charge in [0.05, 0.1) is 0 Å². The molecule has 55 valence electrons. The fraction of sp³-hybridized carbons (Fsp3) is 0. The summed E-state index contributed by atoms with van der Waals surface area (Å²) < 4.78 is 0. The number of fused-ring (bicyclic) bond motifs is 1. The Bertz CT molecular complexity index is 447. The lowest BCUT2D eigenvalue weighted by Gasteiger charge is -1.95. The lowest BCUT2D eigenvalue weighted by molar-refractivity contribution is 1.68. The third kappa shape index (κ3) is 1.06. The first-order valence-electron chi connectivity index (χ1n) is 3.77. The Hall–Kier alpha value is -1.74. The molecule has 0 nitrogen and oxygen atoms in total. The molecule has 2 aromatic carbocycles. The Balaban J connectivity index is 2.78. The second-order valence-electron chi connectivity index (χ2n) is 2.62. The van der Waals surface area contributed by atoms with Crippen molar-refractivity contribution in [3.05, 3.63) is 48.0 Å². The highest BCUT2D eigenvalue weighted by atomic mass is 13.9. The van der Waals surface area contributed by atoms with Gasteiger partial charge in [-0.15, -0.1) is 6.42 Å². The molecule has 0 spiro atoms. The summed E-state index contributed by atoms with van der Waals surface area (Å²) in [6.45, 7) is 0. The van der Waals surface area contributed by atoms with Crippen LogP contribution < -0.4 is 0 Å². The topological polar surface area (TPSA) is 0 Å². The highest BCUT2D eigenvalue weighted by Gasteiger charge is 1.91. The van der Waals surface area contributed by atoms with Crippen molar-refractivity contribution in [2.75, 3.05) is 0 Å². The van der Waals surface area contributed by atoms with Crippen molar-refractivity contribution in [3.63, 3.8) is 0 Å². The first-order valence-corrected chi connectivity index (χ1v) is 3.77. The average Bonchev–Trinajstić information content (AvgIpc) is 2.17. The van der Waals surface area contributed by atoms with Gasteiger partial charge in [0.1, 0.15) is 0 Å². The van der Waals surface area contributed by atoms with Gasteiger partial charge in [0, 0.05) is 5.56 Å². The van der Waals surface area contributed by atoms with Crippen molar-refractivity contribution in [2.45, 2.75) is 0 Å². The predicted molar refractivity (Wildman–Crippen MR) is 50.7 cm³/mol. The molecule has 12 heavy (non-hydrogen) atoms. The molecule has 0 atom stereocenters. The van der Waals surface area contributed by atoms with E-state index in [1.165, 1.54) is 10.8 Å². The van der Waals surface area contributed by atoms with Crippen molar-refractivity contribution >= 4 is 10.8 Å². The Kier molecular flexibility index (Phi) is 1.57. The van der Waals surface area contributed by atoms with E-state index in [9.17, 15) is 0 Å². The van der Waals surface area contributed by atoms with Crippen LogP contribution in [0, 0.1) is 18.4 Å². The second kappa shape index (κ2) is 2.71. The van der Waals surface area contributed by atoms with Crippen molar-refractivity contribution in [2.24, 2.45) is 0 Å². The van der Waals surface area contributed by atoms with Gasteiger partial charge in [-0.1, -0.05) is 30.2 Å². The van der Waals surface area contributed by atoms with Gasteiger partial charge < -0.3 is 0 Å². The summed E-state index contributed by atoms with van der Waals surface area (Å²) >= 11 is 0. The summed E-state index contributed by atoms with van der Waals surface area (Å²) in [5.74, 6) is 2.56. The molecule has 0 amide bonds. The summed E-state index contributed by atoms with van der Waals surface area (Å²) in [6.07, 6.45) is 5.26. The van der Waals surface area contributed by atoms with Crippen molar-refractivity contribution in [3.8, 4) is 12.3 Å². The molecule has 0 unspecified atom stereocenters. The third-order valence-corrected chi connectivity index (χ3v) is 1.83. The van der Waals surface area contributed by atoms with Gasteiger partial charge in [-0.3, -0.25) is 0 Å². The van der Waals surface area contributed by atoms with E-state index in [1.807, 2.05) is 36.4 Å². The number of terminal acetylenes is 1. The van der Waals surface area contributed by atoms with E-state index < -0.39 is 0 Å². The van der Waals surface area contributed by atoms with Crippen LogP contribution in [0.4, 0.5) is 0 Å². The Morgan fingerprint density at radius 3 is 2.67 bits per heavy atom. The first kappa shape index (κ1) is 6.94. The summed E-state index contributed by atoms with van der Waals surface area (Å²) in [7, 11) is 0. The van der Waals surface area contributed by atoms with Crippen LogP contribution in [-0.2, 0) is 0 Å². The maximum absolute atomic E-state index is 5.26. The number of rotatable bonds is 0. The molecular formula is C12H7. The summed E-state index contributed by atoms with van der Waals surface area (Å²) in [5.41, 5.74) is 0.814. The molecule has 0 fully saturated rings. The normalized spacial score (nSPS) is 9.58. The molecule has 0 saturated carbocycles. The highest BCUT2D eigenvalue weighted by molar-refractivity contribution is 5.83. The van der Waals surface area contributed by atoms with Crippen molar-refractivity contribution in [1.29, 1.82) is 0 Å². The highest BCUT2D eigenvalue weighted by Crippen LogP contribution is 2.14. The predicted octanol–water partition coefficient (Wildman–Crippen LogP) is 2.62. The summed E-state index contributed by atoms with van der Waals surface area (Å²) in [5, 5.41) is 2.35. The van der Waals surface area contributed by atoms with E-state index in [2.05, 4.69) is 12.0 Å². The quantitative estimate of drug-likeness (QED) is 0.508. The van der Waals surface area contributed by atoms with Crippen LogP contribution in [0.15, 0.2) is 36.4 Å². The molecule has 2 aromatic rings. The fourth-order valence-corrected chi connectivity index (χ4v) is 1.21. The smallest absolute Gasteiger partial charge is 0.0327 e. The van der Waals surface area contributed by atoms with E-state index in [-0.39, 0.29) is 0 Å². The summed E-state index contributed by atoms with van der Waals surface area (Å²) in [6, 6.07) is 15.0. The van der Waals surface area contributed by atoms with Crippen LogP contribution in [0.25, 0.3) is 10.8 Å². The molecular weight excluding hydrogens is 144 g/mol. The molecule has 1 radical (unpaired) electrons. The standard InChI is InChI=1S/C12H7/c1-2-10-7-8-11-5-3-4-6-12(11)9-10/h1,3-6,8-9H. The minimum absolute atomic E-state index is 0.814. The third-order valence-electron chi connectivity index (χ3n) is 1.83. The molecule has 0 aromatic heterocycles. The van der Waals surface area contributed by atoms with Crippen LogP contribution in [0.1, 0.15) is 5.56 Å². The number of hydrogen-bond donors (Lipinski definition) is 0. The lowest BCUT2D eigenvalue weighted by Crippen LogP contribution is -1.75. The largest absolute Gasteiger partial charge is 0.115 e. The van der Waals surface area contributed by atoms with Gasteiger partial charge in [-0.05, 0) is 29.0 Å². The van der Waals surface area contributed by atoms with Gasteiger partial charge in [0.25, 0.3) is 0 Å². The monoisotopic (exact) mass is 151 g/mol. The fourth-order valence-electron chi connectivity index (χ4n) is 1.21. The zero-order valence-corrected chi connectivity index (χ0v) is 6.54. The Morgan fingerprint density at radius 1 is 1.17 bits per heavy atom. The van der Waals surface area contributed by atoms with E-state index >= 15 is 0 Å². The van der Waals surface area contributed by atoms with Gasteiger partial charge in [0.2, 0.25) is 0 Å². The van der Waals surface area contributed by atoms with Gasteiger partial charge >= 0.3 is 0 Å². The molecule has 0 saturated heterocycles. The number of hydrogen-bond acceptors (Lipinski definition) is 0. The zero-order valence-electron chi connectivity index (χ0n) is 6.54. The van der Waals surface area contributed by atoms with Crippen LogP contribution in [0.2, 0.25) is 0 Å². The van der Waals surface area contributed by atoms with E-state index in [0.29, 0.717) is 0 Å². The van der Waals surface area contributed by atoms with E-state index in [0.717, 1.165) is 5.56 Å². The minimum atomic E-state index is 0.814. The average molecular weight is 151 g/mol. The zero-order chi connectivity index (χ0) is 8.39. The molecule has 0 aliphatic heterocycles. The van der Waals surface area contributed by atoms with E-state index in [4.69, 9.17) is 6.42 Å². The Morgan fingerprint density at radius 2 is 1.92 bits per heavy atom. The Labute approximate surface area is 71.8 Å². The maximum Gasteiger partial charge on any atom is 0.0327 e. The molecule has 2 rings (SSSR count). The van der Waals surface area contributed by atoms with Gasteiger partial charge in [0.15, 0.2) is 0 Å². The van der Waals surface area contributed by atoms with Crippen molar-refractivity contribution < 1.29 is 0 Å². The van der Waals surface area contributed by atoms with E-state index in [1.54, 1.807) is 0 Å². The molecule has 0 N–H and O–H groups in total. The summed E-state index contributed by atoms with van der Waals surface area (Å²) in [4.78, 5) is 0. The molecule has 0 heterocycles. The number of benzene rings is 2. The van der Waals surface area contributed by atoms with Crippen LogP contribution >= 0.6 is 0 Å². The molecule has 0 aliphatic rings. The molecule has 0 aliphatic carbocycles. The minimum Gasteiger partial charge on any atom is -0.115 e. The van der Waals surface area contributed by atoms with Crippen LogP contribution in [0.3, 0.4) is 0 Å². The second-order valence-corrected chi connectivity index (χ2v) is 2.62. The van der Waals surface area contributed by atoms with Crippen molar-refractivity contribution in [1.82, 2.24) is 0 Å². The van der Waals surface area contributed by atoms with Gasteiger partial charge in [-0.25, -0.2) is 0 Å². The van der Waals surface area contributed by atoms with Gasteiger partial charge in [-0.2, -0.15) is 0 Å². The lowest BCUT2D eigenvalue weighted by atomic mass is 10.1. The SMILES string of the molecule is C#Cc1[c]cc2ccccc2c1. The van der Waals surface area contributed by atoms with Crippen LogP contribution in [0.5, 0.6) is 0 Å². The molecule has 0 heteroatoms. The molecule has 0 bridgehead atoms. The maximum atomic E-state index is 5.26. The first-order chi connectivity index (χ1) is 5.90.